The Morgan fingerprint density at radius 3 is 2.52 bits per heavy atom. The van der Waals surface area contributed by atoms with Gasteiger partial charge in [0.25, 0.3) is 0 Å². The summed E-state index contributed by atoms with van der Waals surface area (Å²) in [7, 11) is 0. The van der Waals surface area contributed by atoms with E-state index in [4.69, 9.17) is 4.74 Å². The summed E-state index contributed by atoms with van der Waals surface area (Å²) in [6, 6.07) is 17.2. The van der Waals surface area contributed by atoms with Crippen LogP contribution in [0.5, 0.6) is 11.5 Å². The number of carbonyl (C=O) groups is 1. The fourth-order valence-corrected chi connectivity index (χ4v) is 2.51. The van der Waals surface area contributed by atoms with Crippen molar-refractivity contribution in [2.24, 2.45) is 5.92 Å². The van der Waals surface area contributed by atoms with E-state index in [0.717, 1.165) is 11.4 Å². The molecule has 0 bridgehead atoms. The van der Waals surface area contributed by atoms with Gasteiger partial charge in [0.05, 0.1) is 5.69 Å². The molecule has 1 aliphatic rings. The SMILES string of the molecule is C=CC1CC(=O)N(c2ccccc2Oc2ccccc2)C1. The number of benzene rings is 2. The first-order valence-electron chi connectivity index (χ1n) is 7.03. The molecule has 3 nitrogen and oxygen atoms in total. The summed E-state index contributed by atoms with van der Waals surface area (Å²) in [5.74, 6) is 1.78. The predicted octanol–water partition coefficient (Wildman–Crippen LogP) is 4.02. The largest absolute Gasteiger partial charge is 0.455 e. The minimum atomic E-state index is 0.115. The van der Waals surface area contributed by atoms with Crippen LogP contribution < -0.4 is 9.64 Å². The lowest BCUT2D eigenvalue weighted by Crippen LogP contribution is -2.24. The third-order valence-corrected chi connectivity index (χ3v) is 3.62. The molecule has 0 aliphatic carbocycles. The molecule has 1 saturated heterocycles. The van der Waals surface area contributed by atoms with Crippen molar-refractivity contribution in [1.29, 1.82) is 0 Å². The lowest BCUT2D eigenvalue weighted by molar-refractivity contribution is -0.117. The molecule has 1 amide bonds. The predicted molar refractivity (Wildman–Crippen MR) is 83.6 cm³/mol. The minimum absolute atomic E-state index is 0.115. The van der Waals surface area contributed by atoms with Gasteiger partial charge < -0.3 is 9.64 Å². The highest BCUT2D eigenvalue weighted by Gasteiger charge is 2.30. The lowest BCUT2D eigenvalue weighted by atomic mass is 10.1. The van der Waals surface area contributed by atoms with E-state index in [0.29, 0.717) is 18.7 Å². The van der Waals surface area contributed by atoms with Crippen LogP contribution in [0.2, 0.25) is 0 Å². The van der Waals surface area contributed by atoms with Crippen LogP contribution in [-0.2, 0) is 4.79 Å². The molecule has 0 radical (unpaired) electrons. The number of amides is 1. The number of anilines is 1. The molecule has 0 spiro atoms. The summed E-state index contributed by atoms with van der Waals surface area (Å²) in [5.41, 5.74) is 0.815. The first-order valence-corrected chi connectivity index (χ1v) is 7.03. The average Bonchev–Trinajstić information content (AvgIpc) is 2.90. The minimum Gasteiger partial charge on any atom is -0.455 e. The third kappa shape index (κ3) is 2.82. The Morgan fingerprint density at radius 1 is 1.10 bits per heavy atom. The van der Waals surface area contributed by atoms with Crippen molar-refractivity contribution in [3.05, 3.63) is 67.3 Å². The molecule has 0 saturated carbocycles. The normalized spacial score (nSPS) is 17.8. The van der Waals surface area contributed by atoms with Crippen molar-refractivity contribution in [2.45, 2.75) is 6.42 Å². The number of nitrogens with zero attached hydrogens (tertiary/aromatic N) is 1. The molecule has 2 aromatic carbocycles. The summed E-state index contributed by atoms with van der Waals surface area (Å²) < 4.78 is 5.92. The van der Waals surface area contributed by atoms with Crippen molar-refractivity contribution < 1.29 is 9.53 Å². The molecule has 106 valence electrons. The fraction of sp³-hybridized carbons (Fsp3) is 0.167. The molecule has 1 aliphatic heterocycles. The van der Waals surface area contributed by atoms with Gasteiger partial charge >= 0.3 is 0 Å². The second-order valence-corrected chi connectivity index (χ2v) is 5.09. The first kappa shape index (κ1) is 13.4. The molecule has 21 heavy (non-hydrogen) atoms. The van der Waals surface area contributed by atoms with E-state index in [-0.39, 0.29) is 11.8 Å². The third-order valence-electron chi connectivity index (χ3n) is 3.62. The first-order chi connectivity index (χ1) is 10.3. The van der Waals surface area contributed by atoms with Gasteiger partial charge in [0, 0.05) is 18.9 Å². The van der Waals surface area contributed by atoms with Crippen LogP contribution in [0, 0.1) is 5.92 Å². The van der Waals surface area contributed by atoms with Crippen LogP contribution >= 0.6 is 0 Å². The standard InChI is InChI=1S/C18H17NO2/c1-2-14-12-18(20)19(13-14)16-10-6-7-11-17(16)21-15-8-4-3-5-9-15/h2-11,14H,1,12-13H2. The molecule has 1 fully saturated rings. The highest BCUT2D eigenvalue weighted by molar-refractivity contribution is 5.97. The van der Waals surface area contributed by atoms with Gasteiger partial charge in [-0.05, 0) is 24.3 Å². The van der Waals surface area contributed by atoms with Gasteiger partial charge in [0.15, 0.2) is 5.75 Å². The van der Waals surface area contributed by atoms with Crippen LogP contribution in [0.15, 0.2) is 67.3 Å². The Labute approximate surface area is 124 Å². The van der Waals surface area contributed by atoms with Crippen LogP contribution in [0.4, 0.5) is 5.69 Å². The van der Waals surface area contributed by atoms with Gasteiger partial charge in [-0.2, -0.15) is 0 Å². The maximum Gasteiger partial charge on any atom is 0.227 e. The van der Waals surface area contributed by atoms with Crippen LogP contribution in [0.3, 0.4) is 0 Å². The van der Waals surface area contributed by atoms with E-state index in [9.17, 15) is 4.79 Å². The van der Waals surface area contributed by atoms with Gasteiger partial charge in [-0.25, -0.2) is 0 Å². The Kier molecular flexibility index (Phi) is 3.73. The smallest absolute Gasteiger partial charge is 0.227 e. The molecule has 0 aromatic heterocycles. The maximum atomic E-state index is 12.2. The maximum absolute atomic E-state index is 12.2. The quantitative estimate of drug-likeness (QED) is 0.791. The Hall–Kier alpha value is -2.55. The molecular formula is C18H17NO2. The average molecular weight is 279 g/mol. The zero-order valence-electron chi connectivity index (χ0n) is 11.7. The summed E-state index contributed by atoms with van der Waals surface area (Å²) >= 11 is 0. The summed E-state index contributed by atoms with van der Waals surface area (Å²) in [5, 5.41) is 0. The van der Waals surface area contributed by atoms with E-state index in [1.165, 1.54) is 0 Å². The molecule has 1 unspecified atom stereocenters. The molecule has 3 rings (SSSR count). The summed E-state index contributed by atoms with van der Waals surface area (Å²) in [6.07, 6.45) is 2.36. The van der Waals surface area contributed by atoms with Crippen molar-refractivity contribution in [2.75, 3.05) is 11.4 Å². The number of hydrogen-bond donors (Lipinski definition) is 0. The second-order valence-electron chi connectivity index (χ2n) is 5.09. The molecule has 1 heterocycles. The summed E-state index contributed by atoms with van der Waals surface area (Å²) in [4.78, 5) is 14.0. The Bertz CT molecular complexity index is 651. The number of carbonyl (C=O) groups excluding carboxylic acids is 1. The number of hydrogen-bond acceptors (Lipinski definition) is 2. The van der Waals surface area contributed by atoms with Crippen molar-refractivity contribution in [3.63, 3.8) is 0 Å². The van der Waals surface area contributed by atoms with E-state index in [2.05, 4.69) is 6.58 Å². The van der Waals surface area contributed by atoms with Crippen LogP contribution in [-0.4, -0.2) is 12.5 Å². The number of rotatable bonds is 4. The number of para-hydroxylation sites is 3. The highest BCUT2D eigenvalue weighted by atomic mass is 16.5. The summed E-state index contributed by atoms with van der Waals surface area (Å²) in [6.45, 7) is 4.45. The van der Waals surface area contributed by atoms with Gasteiger partial charge in [-0.15, -0.1) is 6.58 Å². The molecule has 1 atom stereocenters. The molecular weight excluding hydrogens is 262 g/mol. The number of ether oxygens (including phenoxy) is 1. The lowest BCUT2D eigenvalue weighted by Gasteiger charge is -2.20. The highest BCUT2D eigenvalue weighted by Crippen LogP contribution is 2.35. The zero-order valence-corrected chi connectivity index (χ0v) is 11.7. The van der Waals surface area contributed by atoms with Crippen molar-refractivity contribution in [1.82, 2.24) is 0 Å². The topological polar surface area (TPSA) is 29.5 Å². The van der Waals surface area contributed by atoms with E-state index >= 15 is 0 Å². The van der Waals surface area contributed by atoms with E-state index in [1.54, 1.807) is 4.90 Å². The second kappa shape index (κ2) is 5.83. The molecule has 2 aromatic rings. The van der Waals surface area contributed by atoms with Crippen molar-refractivity contribution in [3.8, 4) is 11.5 Å². The monoisotopic (exact) mass is 279 g/mol. The van der Waals surface area contributed by atoms with Gasteiger partial charge in [0.2, 0.25) is 5.91 Å². The van der Waals surface area contributed by atoms with Crippen molar-refractivity contribution >= 4 is 11.6 Å². The van der Waals surface area contributed by atoms with Crippen LogP contribution in [0.1, 0.15) is 6.42 Å². The molecule has 3 heteroatoms. The van der Waals surface area contributed by atoms with E-state index < -0.39 is 0 Å². The fourth-order valence-electron chi connectivity index (χ4n) is 2.51. The van der Waals surface area contributed by atoms with E-state index in [1.807, 2.05) is 60.7 Å². The van der Waals surface area contributed by atoms with Gasteiger partial charge in [0.1, 0.15) is 5.75 Å². The Morgan fingerprint density at radius 2 is 1.81 bits per heavy atom. The van der Waals surface area contributed by atoms with Gasteiger partial charge in [-0.3, -0.25) is 4.79 Å². The molecule has 0 N–H and O–H groups in total. The van der Waals surface area contributed by atoms with Gasteiger partial charge in [-0.1, -0.05) is 36.4 Å². The van der Waals surface area contributed by atoms with Crippen LogP contribution in [0.25, 0.3) is 0 Å². The Balaban J connectivity index is 1.90. The zero-order chi connectivity index (χ0) is 14.7.